The Morgan fingerprint density at radius 2 is 1.92 bits per heavy atom. The van der Waals surface area contributed by atoms with E-state index in [1.807, 2.05) is 0 Å². The number of carbonyl (C=O) groups is 1. The minimum absolute atomic E-state index is 0.169. The van der Waals surface area contributed by atoms with Gasteiger partial charge in [-0.3, -0.25) is 0 Å². The SMILES string of the molecule is COC(=O)N1CC2C(C1)C2(C)C. The van der Waals surface area contributed by atoms with E-state index in [1.165, 1.54) is 7.11 Å². The molecule has 1 heterocycles. The summed E-state index contributed by atoms with van der Waals surface area (Å²) >= 11 is 0. The van der Waals surface area contributed by atoms with E-state index in [4.69, 9.17) is 0 Å². The Bertz CT molecular complexity index is 211. The van der Waals surface area contributed by atoms with Crippen molar-refractivity contribution in [2.75, 3.05) is 20.2 Å². The van der Waals surface area contributed by atoms with Crippen LogP contribution >= 0.6 is 0 Å². The van der Waals surface area contributed by atoms with Crippen LogP contribution < -0.4 is 0 Å². The van der Waals surface area contributed by atoms with Crippen LogP contribution in [0.3, 0.4) is 0 Å². The maximum absolute atomic E-state index is 11.1. The lowest BCUT2D eigenvalue weighted by Gasteiger charge is -2.20. The third kappa shape index (κ3) is 0.853. The summed E-state index contributed by atoms with van der Waals surface area (Å²) in [6.45, 7) is 6.34. The van der Waals surface area contributed by atoms with Crippen LogP contribution in [0.4, 0.5) is 4.79 Å². The lowest BCUT2D eigenvalue weighted by molar-refractivity contribution is 0.123. The average molecular weight is 169 g/mol. The smallest absolute Gasteiger partial charge is 0.409 e. The molecule has 2 rings (SSSR count). The van der Waals surface area contributed by atoms with Crippen molar-refractivity contribution in [1.29, 1.82) is 0 Å². The Morgan fingerprint density at radius 1 is 1.42 bits per heavy atom. The number of fused-ring (bicyclic) bond motifs is 1. The molecule has 3 heteroatoms. The Labute approximate surface area is 72.7 Å². The fourth-order valence-corrected chi connectivity index (χ4v) is 2.41. The molecule has 1 saturated carbocycles. The van der Waals surface area contributed by atoms with Gasteiger partial charge in [-0.25, -0.2) is 4.79 Å². The number of methoxy groups -OCH3 is 1. The molecular formula is C9H15NO2. The second kappa shape index (κ2) is 2.15. The number of hydrogen-bond acceptors (Lipinski definition) is 2. The van der Waals surface area contributed by atoms with Crippen LogP contribution in [0.25, 0.3) is 0 Å². The second-order valence-electron chi connectivity index (χ2n) is 4.41. The van der Waals surface area contributed by atoms with Gasteiger partial charge in [0.25, 0.3) is 0 Å². The summed E-state index contributed by atoms with van der Waals surface area (Å²) in [7, 11) is 1.44. The number of hydrogen-bond donors (Lipinski definition) is 0. The molecule has 2 atom stereocenters. The number of amides is 1. The molecule has 2 aliphatic rings. The van der Waals surface area contributed by atoms with Crippen molar-refractivity contribution in [1.82, 2.24) is 4.90 Å². The zero-order valence-electron chi connectivity index (χ0n) is 7.83. The lowest BCUT2D eigenvalue weighted by Crippen LogP contribution is -2.32. The van der Waals surface area contributed by atoms with Crippen molar-refractivity contribution in [2.45, 2.75) is 13.8 Å². The molecular weight excluding hydrogens is 154 g/mol. The molecule has 0 aromatic rings. The van der Waals surface area contributed by atoms with Crippen molar-refractivity contribution >= 4 is 6.09 Å². The van der Waals surface area contributed by atoms with Gasteiger partial charge in [0.1, 0.15) is 0 Å². The summed E-state index contributed by atoms with van der Waals surface area (Å²) in [4.78, 5) is 12.9. The van der Waals surface area contributed by atoms with Crippen molar-refractivity contribution < 1.29 is 9.53 Å². The molecule has 0 bridgehead atoms. The van der Waals surface area contributed by atoms with E-state index in [2.05, 4.69) is 18.6 Å². The van der Waals surface area contributed by atoms with Gasteiger partial charge in [0.15, 0.2) is 0 Å². The van der Waals surface area contributed by atoms with Gasteiger partial charge in [-0.2, -0.15) is 0 Å². The zero-order valence-corrected chi connectivity index (χ0v) is 7.83. The largest absolute Gasteiger partial charge is 0.453 e. The zero-order chi connectivity index (χ0) is 8.93. The molecule has 1 aliphatic carbocycles. The highest BCUT2D eigenvalue weighted by molar-refractivity contribution is 5.68. The van der Waals surface area contributed by atoms with Gasteiger partial charge < -0.3 is 9.64 Å². The molecule has 0 aromatic heterocycles. The first kappa shape index (κ1) is 7.90. The summed E-state index contributed by atoms with van der Waals surface area (Å²) in [6.07, 6.45) is -0.169. The van der Waals surface area contributed by atoms with Crippen LogP contribution in [0.1, 0.15) is 13.8 Å². The number of likely N-dealkylation sites (tertiary alicyclic amines) is 1. The molecule has 12 heavy (non-hydrogen) atoms. The fourth-order valence-electron chi connectivity index (χ4n) is 2.41. The van der Waals surface area contributed by atoms with E-state index in [0.717, 1.165) is 24.9 Å². The number of nitrogens with zero attached hydrogens (tertiary/aromatic N) is 1. The third-order valence-corrected chi connectivity index (χ3v) is 3.55. The number of carbonyl (C=O) groups excluding carboxylic acids is 1. The Morgan fingerprint density at radius 3 is 2.33 bits per heavy atom. The van der Waals surface area contributed by atoms with Gasteiger partial charge in [0.2, 0.25) is 0 Å². The van der Waals surface area contributed by atoms with Gasteiger partial charge >= 0.3 is 6.09 Å². The summed E-state index contributed by atoms with van der Waals surface area (Å²) in [5, 5.41) is 0. The van der Waals surface area contributed by atoms with Crippen LogP contribution in [-0.2, 0) is 4.74 Å². The maximum Gasteiger partial charge on any atom is 0.409 e. The number of rotatable bonds is 0. The molecule has 0 aromatic carbocycles. The lowest BCUT2D eigenvalue weighted by atomic mass is 10.1. The Kier molecular flexibility index (Phi) is 1.41. The number of ether oxygens (including phenoxy) is 1. The van der Waals surface area contributed by atoms with Crippen LogP contribution in [0.2, 0.25) is 0 Å². The molecule has 2 fully saturated rings. The highest BCUT2D eigenvalue weighted by Crippen LogP contribution is 2.61. The average Bonchev–Trinajstić information content (AvgIpc) is 2.52. The van der Waals surface area contributed by atoms with E-state index in [0.29, 0.717) is 5.41 Å². The minimum atomic E-state index is -0.169. The van der Waals surface area contributed by atoms with Gasteiger partial charge in [0.05, 0.1) is 7.11 Å². The highest BCUT2D eigenvalue weighted by atomic mass is 16.5. The van der Waals surface area contributed by atoms with Crippen LogP contribution in [0.15, 0.2) is 0 Å². The molecule has 1 amide bonds. The molecule has 3 nitrogen and oxygen atoms in total. The van der Waals surface area contributed by atoms with Gasteiger partial charge in [0, 0.05) is 13.1 Å². The normalized spacial score (nSPS) is 36.1. The van der Waals surface area contributed by atoms with E-state index in [1.54, 1.807) is 4.90 Å². The standard InChI is InChI=1S/C9H15NO2/c1-9(2)6-4-10(5-7(6)9)8(11)12-3/h6-7H,4-5H2,1-3H3. The molecule has 68 valence electrons. The predicted octanol–water partition coefficient (Wildman–Crippen LogP) is 1.34. The summed E-state index contributed by atoms with van der Waals surface area (Å²) in [5.74, 6) is 1.44. The van der Waals surface area contributed by atoms with Gasteiger partial charge in [-0.15, -0.1) is 0 Å². The second-order valence-corrected chi connectivity index (χ2v) is 4.41. The quantitative estimate of drug-likeness (QED) is 0.547. The van der Waals surface area contributed by atoms with E-state index in [9.17, 15) is 4.79 Å². The molecule has 0 spiro atoms. The Hall–Kier alpha value is -0.730. The van der Waals surface area contributed by atoms with Crippen LogP contribution in [0.5, 0.6) is 0 Å². The molecule has 0 N–H and O–H groups in total. The van der Waals surface area contributed by atoms with Crippen LogP contribution in [0, 0.1) is 17.3 Å². The minimum Gasteiger partial charge on any atom is -0.453 e. The van der Waals surface area contributed by atoms with Crippen molar-refractivity contribution in [3.05, 3.63) is 0 Å². The third-order valence-electron chi connectivity index (χ3n) is 3.55. The van der Waals surface area contributed by atoms with E-state index < -0.39 is 0 Å². The van der Waals surface area contributed by atoms with Crippen LogP contribution in [-0.4, -0.2) is 31.2 Å². The van der Waals surface area contributed by atoms with Crippen molar-refractivity contribution in [3.63, 3.8) is 0 Å². The van der Waals surface area contributed by atoms with Crippen molar-refractivity contribution in [2.24, 2.45) is 17.3 Å². The highest BCUT2D eigenvalue weighted by Gasteiger charge is 2.62. The number of piperidine rings is 1. The maximum atomic E-state index is 11.1. The molecule has 1 saturated heterocycles. The van der Waals surface area contributed by atoms with E-state index >= 15 is 0 Å². The molecule has 0 radical (unpaired) electrons. The molecule has 2 unspecified atom stereocenters. The van der Waals surface area contributed by atoms with Gasteiger partial charge in [-0.1, -0.05) is 13.8 Å². The summed E-state index contributed by atoms with van der Waals surface area (Å²) < 4.78 is 4.66. The summed E-state index contributed by atoms with van der Waals surface area (Å²) in [5.41, 5.74) is 0.477. The molecule has 1 aliphatic heterocycles. The fraction of sp³-hybridized carbons (Fsp3) is 0.889. The monoisotopic (exact) mass is 169 g/mol. The Balaban J connectivity index is 1.94. The first-order valence-electron chi connectivity index (χ1n) is 4.40. The van der Waals surface area contributed by atoms with Crippen molar-refractivity contribution in [3.8, 4) is 0 Å². The predicted molar refractivity (Wildman–Crippen MR) is 44.7 cm³/mol. The van der Waals surface area contributed by atoms with Gasteiger partial charge in [-0.05, 0) is 17.3 Å². The summed E-state index contributed by atoms with van der Waals surface area (Å²) in [6, 6.07) is 0. The first-order valence-corrected chi connectivity index (χ1v) is 4.40. The first-order chi connectivity index (χ1) is 5.57. The van der Waals surface area contributed by atoms with E-state index in [-0.39, 0.29) is 6.09 Å². The topological polar surface area (TPSA) is 29.5 Å².